The van der Waals surface area contributed by atoms with E-state index in [-0.39, 0.29) is 37.2 Å². The van der Waals surface area contributed by atoms with E-state index in [0.717, 1.165) is 0 Å². The van der Waals surface area contributed by atoms with E-state index in [1.807, 2.05) is 0 Å². The van der Waals surface area contributed by atoms with Crippen molar-refractivity contribution in [2.45, 2.75) is 40.0 Å². The summed E-state index contributed by atoms with van der Waals surface area (Å²) in [5.41, 5.74) is 0. The predicted octanol–water partition coefficient (Wildman–Crippen LogP) is 4.27. The van der Waals surface area contributed by atoms with Gasteiger partial charge in [0.05, 0.1) is 0 Å². The predicted molar refractivity (Wildman–Crippen MR) is 134 cm³/mol. The highest BCUT2D eigenvalue weighted by Gasteiger charge is 2.30. The van der Waals surface area contributed by atoms with Gasteiger partial charge >= 0.3 is 17.9 Å². The average molecular weight is 494 g/mol. The minimum absolute atomic E-state index is 0.240. The zero-order valence-electron chi connectivity index (χ0n) is 19.9. The van der Waals surface area contributed by atoms with Crippen LogP contribution in [0.2, 0.25) is 0 Å². The van der Waals surface area contributed by atoms with E-state index in [2.05, 4.69) is 0 Å². The number of rotatable bonds is 9. The molecule has 0 aliphatic carbocycles. The Morgan fingerprint density at radius 2 is 0.743 bits per heavy atom. The fourth-order valence-electron chi connectivity index (χ4n) is 3.23. The van der Waals surface area contributed by atoms with Gasteiger partial charge in [0.25, 0.3) is 0 Å². The third-order valence-electron chi connectivity index (χ3n) is 5.16. The second kappa shape index (κ2) is 11.6. The molecule has 0 radical (unpaired) electrons. The van der Waals surface area contributed by atoms with Crippen molar-refractivity contribution < 1.29 is 33.2 Å². The standard InChI is InChI=1S/C27H27O7P/c1-4-25(28)32-19-7-13-22(14-8-19)35(31,23-15-9-20(10-16-23)33-26(29)5-2)24-17-11-21(12-18-24)34-27(30)6-3/h7-18H,4-6H2,1-3H3. The number of carbonyl (C=O) groups excluding carboxylic acids is 3. The van der Waals surface area contributed by atoms with Crippen molar-refractivity contribution in [3.8, 4) is 17.2 Å². The van der Waals surface area contributed by atoms with Crippen molar-refractivity contribution >= 4 is 41.0 Å². The molecule has 3 aromatic carbocycles. The van der Waals surface area contributed by atoms with Crippen LogP contribution in [0.1, 0.15) is 40.0 Å². The van der Waals surface area contributed by atoms with Crippen LogP contribution in [0.4, 0.5) is 0 Å². The van der Waals surface area contributed by atoms with Crippen LogP contribution in [0.3, 0.4) is 0 Å². The van der Waals surface area contributed by atoms with Crippen molar-refractivity contribution in [3.63, 3.8) is 0 Å². The summed E-state index contributed by atoms with van der Waals surface area (Å²) in [5, 5.41) is 1.56. The smallest absolute Gasteiger partial charge is 0.310 e. The maximum atomic E-state index is 14.7. The van der Waals surface area contributed by atoms with Gasteiger partial charge in [0.15, 0.2) is 7.14 Å². The zero-order chi connectivity index (χ0) is 25.4. The maximum Gasteiger partial charge on any atom is 0.310 e. The molecule has 182 valence electrons. The fourth-order valence-corrected chi connectivity index (χ4v) is 5.83. The molecule has 0 N–H and O–H groups in total. The van der Waals surface area contributed by atoms with E-state index in [1.54, 1.807) is 93.6 Å². The van der Waals surface area contributed by atoms with Gasteiger partial charge in [-0.05, 0) is 72.8 Å². The van der Waals surface area contributed by atoms with Crippen molar-refractivity contribution in [2.24, 2.45) is 0 Å². The monoisotopic (exact) mass is 494 g/mol. The molecule has 0 heterocycles. The summed E-state index contributed by atoms with van der Waals surface area (Å²) < 4.78 is 30.4. The lowest BCUT2D eigenvalue weighted by Gasteiger charge is -2.21. The summed E-state index contributed by atoms with van der Waals surface area (Å²) in [6.45, 7) is 5.11. The number of esters is 3. The fraction of sp³-hybridized carbons (Fsp3) is 0.222. The highest BCUT2D eigenvalue weighted by Crippen LogP contribution is 2.43. The van der Waals surface area contributed by atoms with Gasteiger partial charge < -0.3 is 18.8 Å². The SMILES string of the molecule is CCC(=O)Oc1ccc(P(=O)(c2ccc(OC(=O)CC)cc2)c2ccc(OC(=O)CC)cc2)cc1. The van der Waals surface area contributed by atoms with Crippen LogP contribution in [0.25, 0.3) is 0 Å². The van der Waals surface area contributed by atoms with E-state index in [0.29, 0.717) is 33.2 Å². The second-order valence-electron chi connectivity index (χ2n) is 7.57. The number of hydrogen-bond acceptors (Lipinski definition) is 7. The lowest BCUT2D eigenvalue weighted by Crippen LogP contribution is -2.25. The first-order valence-electron chi connectivity index (χ1n) is 11.3. The van der Waals surface area contributed by atoms with Crippen molar-refractivity contribution in [3.05, 3.63) is 72.8 Å². The van der Waals surface area contributed by atoms with Crippen molar-refractivity contribution in [1.29, 1.82) is 0 Å². The van der Waals surface area contributed by atoms with Crippen molar-refractivity contribution in [1.82, 2.24) is 0 Å². The van der Waals surface area contributed by atoms with E-state index in [4.69, 9.17) is 14.2 Å². The molecule has 0 fully saturated rings. The Morgan fingerprint density at radius 1 is 0.514 bits per heavy atom. The largest absolute Gasteiger partial charge is 0.427 e. The number of ether oxygens (including phenoxy) is 3. The first-order chi connectivity index (χ1) is 16.8. The van der Waals surface area contributed by atoms with Crippen LogP contribution in [-0.2, 0) is 18.9 Å². The molecule has 0 saturated heterocycles. The van der Waals surface area contributed by atoms with Crippen LogP contribution < -0.4 is 30.1 Å². The molecule has 0 amide bonds. The van der Waals surface area contributed by atoms with Crippen LogP contribution >= 0.6 is 7.14 Å². The van der Waals surface area contributed by atoms with Gasteiger partial charge in [-0.15, -0.1) is 0 Å². The molecule has 0 bridgehead atoms. The van der Waals surface area contributed by atoms with E-state index in [1.165, 1.54) is 0 Å². The topological polar surface area (TPSA) is 96.0 Å². The molecule has 0 spiro atoms. The quantitative estimate of drug-likeness (QED) is 0.249. The third kappa shape index (κ3) is 6.25. The zero-order valence-corrected chi connectivity index (χ0v) is 20.7. The molecule has 0 aromatic heterocycles. The number of benzene rings is 3. The Balaban J connectivity index is 2.03. The Kier molecular flexibility index (Phi) is 8.61. The molecule has 0 aliphatic rings. The summed E-state index contributed by atoms with van der Waals surface area (Å²) >= 11 is 0. The summed E-state index contributed by atoms with van der Waals surface area (Å²) in [4.78, 5) is 34.9. The second-order valence-corrected chi connectivity index (χ2v) is 10.3. The molecule has 0 aliphatic heterocycles. The third-order valence-corrected chi connectivity index (χ3v) is 8.24. The number of hydrogen-bond donors (Lipinski definition) is 0. The average Bonchev–Trinajstić information content (AvgIpc) is 2.89. The van der Waals surface area contributed by atoms with Gasteiger partial charge in [0.1, 0.15) is 17.2 Å². The molecular weight excluding hydrogens is 467 g/mol. The first-order valence-corrected chi connectivity index (χ1v) is 13.0. The molecular formula is C27H27O7P. The minimum Gasteiger partial charge on any atom is -0.427 e. The lowest BCUT2D eigenvalue weighted by atomic mass is 10.3. The summed E-state index contributed by atoms with van der Waals surface area (Å²) in [7, 11) is -3.38. The van der Waals surface area contributed by atoms with Crippen molar-refractivity contribution in [2.75, 3.05) is 0 Å². The normalized spacial score (nSPS) is 10.9. The van der Waals surface area contributed by atoms with E-state index >= 15 is 0 Å². The van der Waals surface area contributed by atoms with Gasteiger partial charge in [0, 0.05) is 35.2 Å². The van der Waals surface area contributed by atoms with Crippen LogP contribution in [0, 0.1) is 0 Å². The Labute approximate surface area is 204 Å². The summed E-state index contributed by atoms with van der Waals surface area (Å²) in [6.07, 6.45) is 0.721. The van der Waals surface area contributed by atoms with Crippen LogP contribution in [-0.4, -0.2) is 17.9 Å². The molecule has 7 nitrogen and oxygen atoms in total. The highest BCUT2D eigenvalue weighted by molar-refractivity contribution is 7.85. The summed E-state index contributed by atoms with van der Waals surface area (Å²) in [5.74, 6) is -0.0245. The Morgan fingerprint density at radius 3 is 0.943 bits per heavy atom. The number of carbonyl (C=O) groups is 3. The lowest BCUT2D eigenvalue weighted by molar-refractivity contribution is -0.134. The van der Waals surface area contributed by atoms with Gasteiger partial charge in [-0.2, -0.15) is 0 Å². The molecule has 0 unspecified atom stereocenters. The summed E-state index contributed by atoms with van der Waals surface area (Å²) in [6, 6.07) is 19.6. The minimum atomic E-state index is -3.38. The Bertz CT molecular complexity index is 1070. The van der Waals surface area contributed by atoms with Gasteiger partial charge in [-0.1, -0.05) is 20.8 Å². The van der Waals surface area contributed by atoms with Gasteiger partial charge in [-0.25, -0.2) is 0 Å². The van der Waals surface area contributed by atoms with Gasteiger partial charge in [-0.3, -0.25) is 14.4 Å². The molecule has 0 atom stereocenters. The van der Waals surface area contributed by atoms with Crippen LogP contribution in [0.5, 0.6) is 17.2 Å². The first kappa shape index (κ1) is 25.9. The highest BCUT2D eigenvalue weighted by atomic mass is 31.2. The molecule has 3 aromatic rings. The van der Waals surface area contributed by atoms with E-state index in [9.17, 15) is 18.9 Å². The van der Waals surface area contributed by atoms with Crippen LogP contribution in [0.15, 0.2) is 72.8 Å². The van der Waals surface area contributed by atoms with E-state index < -0.39 is 7.14 Å². The Hall–Kier alpha value is -3.70. The molecule has 8 heteroatoms. The molecule has 35 heavy (non-hydrogen) atoms. The molecule has 0 saturated carbocycles. The molecule has 3 rings (SSSR count). The van der Waals surface area contributed by atoms with Gasteiger partial charge in [0.2, 0.25) is 0 Å². The maximum absolute atomic E-state index is 14.7.